The number of aliphatic imine (C=N–C) groups is 1. The lowest BCUT2D eigenvalue weighted by atomic mass is 9.99. The van der Waals surface area contributed by atoms with Crippen molar-refractivity contribution in [1.29, 1.82) is 0 Å². The molecule has 1 heterocycles. The summed E-state index contributed by atoms with van der Waals surface area (Å²) in [7, 11) is 5.51. The molecular formula is C21H34N4O3. The lowest BCUT2D eigenvalue weighted by Crippen LogP contribution is -2.40. The van der Waals surface area contributed by atoms with Gasteiger partial charge in [-0.2, -0.15) is 0 Å². The lowest BCUT2D eigenvalue weighted by molar-refractivity contribution is -0.145. The molecule has 1 aromatic rings. The molecule has 2 unspecified atom stereocenters. The fraction of sp³-hybridized carbons (Fsp3) is 0.619. The monoisotopic (exact) mass is 390 g/mol. The Labute approximate surface area is 168 Å². The van der Waals surface area contributed by atoms with Gasteiger partial charge in [0.1, 0.15) is 12.4 Å². The highest BCUT2D eigenvalue weighted by molar-refractivity contribution is 5.82. The number of methoxy groups -OCH3 is 1. The molecule has 1 fully saturated rings. The molecule has 28 heavy (non-hydrogen) atoms. The number of carbonyl (C=O) groups excluding carboxylic acids is 1. The summed E-state index contributed by atoms with van der Waals surface area (Å²) in [5.74, 6) is 1.66. The second-order valence-corrected chi connectivity index (χ2v) is 7.44. The summed E-state index contributed by atoms with van der Waals surface area (Å²) in [6.45, 7) is 8.33. The average Bonchev–Trinajstić information content (AvgIpc) is 3.06. The highest BCUT2D eigenvalue weighted by Crippen LogP contribution is 2.25. The highest BCUT2D eigenvalue weighted by atomic mass is 16.5. The Morgan fingerprint density at radius 3 is 2.75 bits per heavy atom. The largest absolute Gasteiger partial charge is 0.492 e. The second kappa shape index (κ2) is 10.9. The molecule has 7 nitrogen and oxygen atoms in total. The van der Waals surface area contributed by atoms with Crippen molar-refractivity contribution in [1.82, 2.24) is 15.1 Å². The van der Waals surface area contributed by atoms with Gasteiger partial charge >= 0.3 is 5.97 Å². The van der Waals surface area contributed by atoms with Crippen molar-refractivity contribution < 1.29 is 14.3 Å². The Kier molecular flexibility index (Phi) is 8.57. The van der Waals surface area contributed by atoms with Crippen molar-refractivity contribution >= 4 is 11.9 Å². The van der Waals surface area contributed by atoms with Crippen molar-refractivity contribution in [2.24, 2.45) is 16.8 Å². The van der Waals surface area contributed by atoms with Gasteiger partial charge in [-0.3, -0.25) is 4.79 Å². The van der Waals surface area contributed by atoms with Crippen molar-refractivity contribution in [2.75, 3.05) is 54.0 Å². The summed E-state index contributed by atoms with van der Waals surface area (Å²) >= 11 is 0. The Bertz CT molecular complexity index is 663. The zero-order valence-electron chi connectivity index (χ0n) is 17.8. The fourth-order valence-electron chi connectivity index (χ4n) is 3.30. The van der Waals surface area contributed by atoms with E-state index in [4.69, 9.17) is 14.5 Å². The first-order valence-corrected chi connectivity index (χ1v) is 9.92. The van der Waals surface area contributed by atoms with Gasteiger partial charge in [0.25, 0.3) is 0 Å². The molecule has 1 aromatic carbocycles. The maximum atomic E-state index is 12.0. The molecule has 0 spiro atoms. The van der Waals surface area contributed by atoms with E-state index in [0.717, 1.165) is 36.9 Å². The van der Waals surface area contributed by atoms with Gasteiger partial charge in [0, 0.05) is 31.7 Å². The number of para-hydroxylation sites is 1. The standard InChI is InChI=1S/C21H34N4O3/c1-6-22-21(25-14-16(2)18(15-25)20(26)27-5)23-13-17-9-7-8-10-19(17)28-12-11-24(3)4/h7-10,16,18H,6,11-15H2,1-5H3,(H,22,23). The van der Waals surface area contributed by atoms with E-state index in [2.05, 4.69) is 22.0 Å². The molecule has 2 atom stereocenters. The Morgan fingerprint density at radius 2 is 2.07 bits per heavy atom. The number of rotatable bonds is 8. The van der Waals surface area contributed by atoms with Crippen LogP contribution in [-0.4, -0.2) is 75.7 Å². The summed E-state index contributed by atoms with van der Waals surface area (Å²) in [4.78, 5) is 21.0. The normalized spacial score (nSPS) is 19.8. The Hall–Kier alpha value is -2.28. The lowest BCUT2D eigenvalue weighted by Gasteiger charge is -2.21. The van der Waals surface area contributed by atoms with Gasteiger partial charge in [-0.05, 0) is 33.0 Å². The first-order valence-electron chi connectivity index (χ1n) is 9.92. The molecule has 7 heteroatoms. The number of ether oxygens (including phenoxy) is 2. The van der Waals surface area contributed by atoms with E-state index in [1.165, 1.54) is 7.11 Å². The van der Waals surface area contributed by atoms with Crippen LogP contribution in [0.2, 0.25) is 0 Å². The zero-order chi connectivity index (χ0) is 20.5. The maximum absolute atomic E-state index is 12.0. The quantitative estimate of drug-likeness (QED) is 0.415. The van der Waals surface area contributed by atoms with Gasteiger partial charge in [-0.15, -0.1) is 0 Å². The SMILES string of the molecule is CCNC(=NCc1ccccc1OCCN(C)C)N1CC(C)C(C(=O)OC)C1. The topological polar surface area (TPSA) is 66.4 Å². The molecule has 0 aromatic heterocycles. The number of likely N-dealkylation sites (N-methyl/N-ethyl adjacent to an activating group) is 1. The molecule has 1 N–H and O–H groups in total. The molecule has 1 saturated heterocycles. The predicted octanol–water partition coefficient (Wildman–Crippen LogP) is 1.83. The predicted molar refractivity (Wildman–Crippen MR) is 112 cm³/mol. The third-order valence-corrected chi connectivity index (χ3v) is 4.92. The van der Waals surface area contributed by atoms with Crippen LogP contribution in [0.4, 0.5) is 0 Å². The van der Waals surface area contributed by atoms with Gasteiger partial charge in [0.2, 0.25) is 0 Å². The minimum atomic E-state index is -0.148. The van der Waals surface area contributed by atoms with Crippen LogP contribution in [0.5, 0.6) is 5.75 Å². The van der Waals surface area contributed by atoms with Gasteiger partial charge in [-0.1, -0.05) is 25.1 Å². The van der Waals surface area contributed by atoms with E-state index in [1.807, 2.05) is 45.3 Å². The number of esters is 1. The minimum Gasteiger partial charge on any atom is -0.492 e. The fourth-order valence-corrected chi connectivity index (χ4v) is 3.30. The van der Waals surface area contributed by atoms with Crippen LogP contribution in [0.25, 0.3) is 0 Å². The molecule has 0 amide bonds. The molecular weight excluding hydrogens is 356 g/mol. The number of nitrogens with zero attached hydrogens (tertiary/aromatic N) is 3. The molecule has 156 valence electrons. The van der Waals surface area contributed by atoms with Crippen molar-refractivity contribution in [3.05, 3.63) is 29.8 Å². The van der Waals surface area contributed by atoms with Gasteiger partial charge in [0.15, 0.2) is 5.96 Å². The summed E-state index contributed by atoms with van der Waals surface area (Å²) in [6, 6.07) is 8.01. The van der Waals surface area contributed by atoms with Crippen LogP contribution in [0, 0.1) is 11.8 Å². The summed E-state index contributed by atoms with van der Waals surface area (Å²) in [5, 5.41) is 3.35. The first kappa shape index (κ1) is 22.0. The van der Waals surface area contributed by atoms with Gasteiger partial charge in [0.05, 0.1) is 19.6 Å². The van der Waals surface area contributed by atoms with Crippen LogP contribution in [-0.2, 0) is 16.1 Å². The number of benzene rings is 1. The first-order chi connectivity index (χ1) is 13.5. The number of likely N-dealkylation sites (tertiary alicyclic amines) is 1. The molecule has 1 aliphatic heterocycles. The van der Waals surface area contributed by atoms with Crippen LogP contribution in [0.1, 0.15) is 19.4 Å². The third kappa shape index (κ3) is 6.12. The van der Waals surface area contributed by atoms with Crippen LogP contribution < -0.4 is 10.1 Å². The smallest absolute Gasteiger partial charge is 0.310 e. The number of hydrogen-bond donors (Lipinski definition) is 1. The number of hydrogen-bond acceptors (Lipinski definition) is 5. The minimum absolute atomic E-state index is 0.115. The summed E-state index contributed by atoms with van der Waals surface area (Å²) in [5.41, 5.74) is 1.05. The molecule has 1 aliphatic rings. The average molecular weight is 391 g/mol. The zero-order valence-corrected chi connectivity index (χ0v) is 17.8. The Balaban J connectivity index is 2.08. The molecule has 0 radical (unpaired) electrons. The third-order valence-electron chi connectivity index (χ3n) is 4.92. The number of carbonyl (C=O) groups is 1. The van der Waals surface area contributed by atoms with Gasteiger partial charge < -0.3 is 24.6 Å². The van der Waals surface area contributed by atoms with E-state index >= 15 is 0 Å². The maximum Gasteiger partial charge on any atom is 0.310 e. The van der Waals surface area contributed by atoms with Crippen molar-refractivity contribution in [3.8, 4) is 5.75 Å². The molecule has 0 bridgehead atoms. The van der Waals surface area contributed by atoms with E-state index in [0.29, 0.717) is 19.7 Å². The number of nitrogens with one attached hydrogen (secondary N) is 1. The van der Waals surface area contributed by atoms with E-state index < -0.39 is 0 Å². The van der Waals surface area contributed by atoms with E-state index in [-0.39, 0.29) is 17.8 Å². The molecule has 0 saturated carbocycles. The van der Waals surface area contributed by atoms with E-state index in [1.54, 1.807) is 0 Å². The van der Waals surface area contributed by atoms with Crippen molar-refractivity contribution in [2.45, 2.75) is 20.4 Å². The van der Waals surface area contributed by atoms with Crippen LogP contribution in [0.3, 0.4) is 0 Å². The highest BCUT2D eigenvalue weighted by Gasteiger charge is 2.36. The van der Waals surface area contributed by atoms with E-state index in [9.17, 15) is 4.79 Å². The van der Waals surface area contributed by atoms with Crippen molar-refractivity contribution in [3.63, 3.8) is 0 Å². The summed E-state index contributed by atoms with van der Waals surface area (Å²) in [6.07, 6.45) is 0. The van der Waals surface area contributed by atoms with Gasteiger partial charge in [-0.25, -0.2) is 4.99 Å². The number of guanidine groups is 1. The van der Waals surface area contributed by atoms with Crippen LogP contribution in [0.15, 0.2) is 29.3 Å². The summed E-state index contributed by atoms with van der Waals surface area (Å²) < 4.78 is 10.9. The second-order valence-electron chi connectivity index (χ2n) is 7.44. The van der Waals surface area contributed by atoms with Crippen LogP contribution >= 0.6 is 0 Å². The molecule has 2 rings (SSSR count). The molecule has 0 aliphatic carbocycles. The Morgan fingerprint density at radius 1 is 1.32 bits per heavy atom.